The molecule has 0 aromatic carbocycles. The summed E-state index contributed by atoms with van der Waals surface area (Å²) in [6.45, 7) is 2.69. The number of hydrogen-bond donors (Lipinski definition) is 1. The van der Waals surface area contributed by atoms with E-state index < -0.39 is 5.82 Å². The van der Waals surface area contributed by atoms with Gasteiger partial charge < -0.3 is 10.5 Å². The highest BCUT2D eigenvalue weighted by Gasteiger charge is 2.03. The fourth-order valence-corrected chi connectivity index (χ4v) is 1.13. The molecule has 0 saturated heterocycles. The van der Waals surface area contributed by atoms with Crippen molar-refractivity contribution in [1.82, 2.24) is 9.97 Å². The van der Waals surface area contributed by atoms with Crippen LogP contribution in [0.3, 0.4) is 0 Å². The molecule has 0 aliphatic heterocycles. The lowest BCUT2D eigenvalue weighted by Gasteiger charge is -2.04. The van der Waals surface area contributed by atoms with Crippen LogP contribution in [-0.2, 0) is 0 Å². The molecule has 0 unspecified atom stereocenters. The van der Waals surface area contributed by atoms with E-state index >= 15 is 0 Å². The van der Waals surface area contributed by atoms with E-state index in [0.29, 0.717) is 6.61 Å². The van der Waals surface area contributed by atoms with E-state index in [-0.39, 0.29) is 11.8 Å². The molecule has 0 bridgehead atoms. The summed E-state index contributed by atoms with van der Waals surface area (Å²) in [5.74, 6) is -0.790. The third-order valence-electron chi connectivity index (χ3n) is 1.98. The number of anilines is 1. The summed E-state index contributed by atoms with van der Waals surface area (Å²) < 4.78 is 17.9. The van der Waals surface area contributed by atoms with Crippen LogP contribution in [0.5, 0.6) is 6.01 Å². The largest absolute Gasteiger partial charge is 0.463 e. The molecule has 0 amide bonds. The Labute approximate surface area is 88.7 Å². The molecule has 1 aromatic heterocycles. The van der Waals surface area contributed by atoms with Crippen molar-refractivity contribution in [1.29, 1.82) is 0 Å². The van der Waals surface area contributed by atoms with E-state index in [9.17, 15) is 4.39 Å². The highest BCUT2D eigenvalue weighted by atomic mass is 19.1. The van der Waals surface area contributed by atoms with E-state index in [2.05, 4.69) is 16.9 Å². The Hall–Kier alpha value is -1.39. The molecule has 4 nitrogen and oxygen atoms in total. The van der Waals surface area contributed by atoms with Gasteiger partial charge in [-0.3, -0.25) is 0 Å². The van der Waals surface area contributed by atoms with Gasteiger partial charge in [-0.25, -0.2) is 9.37 Å². The molecule has 2 N–H and O–H groups in total. The van der Waals surface area contributed by atoms with Gasteiger partial charge in [0.1, 0.15) is 0 Å². The maximum Gasteiger partial charge on any atom is 0.318 e. The molecule has 1 heterocycles. The van der Waals surface area contributed by atoms with Gasteiger partial charge in [0.2, 0.25) is 0 Å². The number of ether oxygens (including phenoxy) is 1. The number of rotatable bonds is 6. The van der Waals surface area contributed by atoms with Crippen molar-refractivity contribution in [2.45, 2.75) is 32.6 Å². The number of nitrogen functional groups attached to an aromatic ring is 1. The van der Waals surface area contributed by atoms with Gasteiger partial charge in [0.05, 0.1) is 12.8 Å². The average molecular weight is 213 g/mol. The predicted octanol–water partition coefficient (Wildman–Crippen LogP) is 2.16. The summed E-state index contributed by atoms with van der Waals surface area (Å²) in [7, 11) is 0. The molecule has 0 aliphatic rings. The number of nitrogens with zero attached hydrogens (tertiary/aromatic N) is 2. The van der Waals surface area contributed by atoms with Crippen molar-refractivity contribution < 1.29 is 9.13 Å². The first-order chi connectivity index (χ1) is 7.24. The van der Waals surface area contributed by atoms with Crippen LogP contribution in [-0.4, -0.2) is 16.6 Å². The number of hydrogen-bond acceptors (Lipinski definition) is 4. The lowest BCUT2D eigenvalue weighted by atomic mass is 10.2. The van der Waals surface area contributed by atoms with Crippen LogP contribution in [0.2, 0.25) is 0 Å². The number of nitrogens with two attached hydrogens (primary N) is 1. The molecular formula is C10H16FN3O. The van der Waals surface area contributed by atoms with Gasteiger partial charge >= 0.3 is 6.01 Å². The molecule has 0 radical (unpaired) electrons. The summed E-state index contributed by atoms with van der Waals surface area (Å²) in [6.07, 6.45) is 5.46. The Balaban J connectivity index is 2.28. The van der Waals surface area contributed by atoms with E-state index in [1.54, 1.807) is 0 Å². The first-order valence-corrected chi connectivity index (χ1v) is 5.15. The van der Waals surface area contributed by atoms with Crippen LogP contribution < -0.4 is 10.5 Å². The van der Waals surface area contributed by atoms with Crippen LogP contribution in [0.25, 0.3) is 0 Å². The Kier molecular flexibility index (Phi) is 4.80. The van der Waals surface area contributed by atoms with Gasteiger partial charge in [-0.05, 0) is 6.42 Å². The van der Waals surface area contributed by atoms with Gasteiger partial charge in [-0.1, -0.05) is 26.2 Å². The van der Waals surface area contributed by atoms with Crippen molar-refractivity contribution in [3.8, 4) is 6.01 Å². The Morgan fingerprint density at radius 2 is 2.20 bits per heavy atom. The maximum absolute atomic E-state index is 12.7. The minimum atomic E-state index is -0.617. The fraction of sp³-hybridized carbons (Fsp3) is 0.600. The van der Waals surface area contributed by atoms with Gasteiger partial charge in [-0.2, -0.15) is 4.98 Å². The third kappa shape index (κ3) is 4.10. The zero-order valence-corrected chi connectivity index (χ0v) is 8.87. The Morgan fingerprint density at radius 1 is 1.40 bits per heavy atom. The van der Waals surface area contributed by atoms with Crippen LogP contribution in [0.4, 0.5) is 10.2 Å². The van der Waals surface area contributed by atoms with Crippen LogP contribution in [0.1, 0.15) is 32.6 Å². The van der Waals surface area contributed by atoms with Gasteiger partial charge in [-0.15, -0.1) is 0 Å². The van der Waals surface area contributed by atoms with Crippen molar-refractivity contribution in [3.63, 3.8) is 0 Å². The molecular weight excluding hydrogens is 197 g/mol. The molecule has 0 aliphatic carbocycles. The molecule has 1 aromatic rings. The van der Waals surface area contributed by atoms with E-state index in [4.69, 9.17) is 10.5 Å². The van der Waals surface area contributed by atoms with Gasteiger partial charge in [0, 0.05) is 0 Å². The van der Waals surface area contributed by atoms with E-state index in [1.807, 2.05) is 0 Å². The summed E-state index contributed by atoms with van der Waals surface area (Å²) in [6, 6.07) is 0.144. The Bertz CT molecular complexity index is 307. The topological polar surface area (TPSA) is 61.0 Å². The summed E-state index contributed by atoms with van der Waals surface area (Å²) in [4.78, 5) is 7.33. The predicted molar refractivity (Wildman–Crippen MR) is 56.0 cm³/mol. The van der Waals surface area contributed by atoms with Crippen molar-refractivity contribution in [3.05, 3.63) is 12.0 Å². The minimum Gasteiger partial charge on any atom is -0.463 e. The lowest BCUT2D eigenvalue weighted by molar-refractivity contribution is 0.281. The lowest BCUT2D eigenvalue weighted by Crippen LogP contribution is -2.04. The van der Waals surface area contributed by atoms with Crippen molar-refractivity contribution in [2.24, 2.45) is 0 Å². The standard InChI is InChI=1S/C10H16FN3O/c1-2-3-4-5-6-15-10-13-7-8(11)9(12)14-10/h7H,2-6H2,1H3,(H2,12,13,14). The molecule has 5 heteroatoms. The SMILES string of the molecule is CCCCCCOc1ncc(F)c(N)n1. The van der Waals surface area contributed by atoms with Gasteiger partial charge in [0.15, 0.2) is 11.6 Å². The molecule has 0 saturated carbocycles. The molecule has 0 atom stereocenters. The van der Waals surface area contributed by atoms with Crippen molar-refractivity contribution >= 4 is 5.82 Å². The highest BCUT2D eigenvalue weighted by molar-refractivity contribution is 5.28. The number of unbranched alkanes of at least 4 members (excludes halogenated alkanes) is 3. The summed E-state index contributed by atoms with van der Waals surface area (Å²) in [5, 5.41) is 0. The molecule has 84 valence electrons. The van der Waals surface area contributed by atoms with E-state index in [0.717, 1.165) is 19.0 Å². The molecule has 0 fully saturated rings. The second-order valence-electron chi connectivity index (χ2n) is 3.29. The quantitative estimate of drug-likeness (QED) is 0.735. The zero-order chi connectivity index (χ0) is 11.1. The Morgan fingerprint density at radius 3 is 2.87 bits per heavy atom. The highest BCUT2D eigenvalue weighted by Crippen LogP contribution is 2.09. The minimum absolute atomic E-state index is 0.144. The van der Waals surface area contributed by atoms with Crippen LogP contribution in [0.15, 0.2) is 6.20 Å². The first-order valence-electron chi connectivity index (χ1n) is 5.15. The molecule has 1 rings (SSSR count). The summed E-state index contributed by atoms with van der Waals surface area (Å²) in [5.41, 5.74) is 5.27. The molecule has 0 spiro atoms. The maximum atomic E-state index is 12.7. The molecule has 15 heavy (non-hydrogen) atoms. The van der Waals surface area contributed by atoms with Crippen LogP contribution >= 0.6 is 0 Å². The zero-order valence-electron chi connectivity index (χ0n) is 8.87. The number of halogens is 1. The van der Waals surface area contributed by atoms with Gasteiger partial charge in [0.25, 0.3) is 0 Å². The normalized spacial score (nSPS) is 10.3. The fourth-order valence-electron chi connectivity index (χ4n) is 1.13. The second kappa shape index (κ2) is 6.16. The van der Waals surface area contributed by atoms with E-state index in [1.165, 1.54) is 12.8 Å². The average Bonchev–Trinajstić information content (AvgIpc) is 2.23. The third-order valence-corrected chi connectivity index (χ3v) is 1.98. The summed E-state index contributed by atoms with van der Waals surface area (Å²) >= 11 is 0. The van der Waals surface area contributed by atoms with Crippen LogP contribution in [0, 0.1) is 5.82 Å². The second-order valence-corrected chi connectivity index (χ2v) is 3.29. The van der Waals surface area contributed by atoms with Crippen molar-refractivity contribution in [2.75, 3.05) is 12.3 Å². The first kappa shape index (κ1) is 11.7. The smallest absolute Gasteiger partial charge is 0.318 e. The monoisotopic (exact) mass is 213 g/mol. The number of aromatic nitrogens is 2.